The van der Waals surface area contributed by atoms with Gasteiger partial charge in [0.25, 0.3) is 0 Å². The second-order valence-corrected chi connectivity index (χ2v) is 9.76. The molecule has 0 spiro atoms. The lowest BCUT2D eigenvalue weighted by Gasteiger charge is -2.09. The monoisotopic (exact) mass is 491 g/mol. The second-order valence-electron chi connectivity index (χ2n) is 7.07. The van der Waals surface area contributed by atoms with Crippen molar-refractivity contribution in [3.8, 4) is 9.88 Å². The Labute approximate surface area is 186 Å². The lowest BCUT2D eigenvalue weighted by atomic mass is 10.1. The van der Waals surface area contributed by atoms with Crippen LogP contribution >= 0.6 is 38.6 Å². The van der Waals surface area contributed by atoms with Crippen molar-refractivity contribution in [2.75, 3.05) is 5.32 Å². The zero-order valence-electron chi connectivity index (χ0n) is 16.2. The number of carbonyl (C=O) groups is 2. The van der Waals surface area contributed by atoms with E-state index >= 15 is 0 Å². The SMILES string of the molecule is CC(C)CC(=O)Nc1cccc(CNC(=O)Cc2csc(-c3cc(Br)cs3)n2)c1. The van der Waals surface area contributed by atoms with Gasteiger partial charge in [0.15, 0.2) is 0 Å². The molecule has 0 bridgehead atoms. The molecule has 2 amide bonds. The van der Waals surface area contributed by atoms with Crippen molar-refractivity contribution in [3.05, 3.63) is 56.8 Å². The van der Waals surface area contributed by atoms with Gasteiger partial charge in [-0.3, -0.25) is 9.59 Å². The second kappa shape index (κ2) is 10.1. The van der Waals surface area contributed by atoms with Crippen molar-refractivity contribution in [2.45, 2.75) is 33.2 Å². The number of thiazole rings is 1. The number of aromatic nitrogens is 1. The van der Waals surface area contributed by atoms with Crippen molar-refractivity contribution in [1.82, 2.24) is 10.3 Å². The first kappa shape index (κ1) is 21.7. The van der Waals surface area contributed by atoms with Crippen LogP contribution in [0.5, 0.6) is 0 Å². The smallest absolute Gasteiger partial charge is 0.226 e. The van der Waals surface area contributed by atoms with Gasteiger partial charge in [-0.05, 0) is 45.6 Å². The molecule has 152 valence electrons. The van der Waals surface area contributed by atoms with E-state index in [9.17, 15) is 9.59 Å². The molecule has 0 saturated carbocycles. The summed E-state index contributed by atoms with van der Waals surface area (Å²) in [5.74, 6) is 0.229. The fourth-order valence-electron chi connectivity index (χ4n) is 2.70. The molecule has 0 unspecified atom stereocenters. The minimum absolute atomic E-state index is 0.00158. The van der Waals surface area contributed by atoms with Gasteiger partial charge in [-0.1, -0.05) is 26.0 Å². The molecular formula is C21H22BrN3O2S2. The van der Waals surface area contributed by atoms with Crippen LogP contribution < -0.4 is 10.6 Å². The van der Waals surface area contributed by atoms with Crippen LogP contribution in [0.2, 0.25) is 0 Å². The van der Waals surface area contributed by atoms with Gasteiger partial charge >= 0.3 is 0 Å². The highest BCUT2D eigenvalue weighted by Gasteiger charge is 2.11. The Hall–Kier alpha value is -2.03. The minimum Gasteiger partial charge on any atom is -0.352 e. The molecule has 0 atom stereocenters. The molecule has 2 aromatic heterocycles. The minimum atomic E-state index is -0.0801. The molecule has 3 aromatic rings. The largest absolute Gasteiger partial charge is 0.352 e. The Morgan fingerprint density at radius 3 is 2.69 bits per heavy atom. The number of halogens is 1. The summed E-state index contributed by atoms with van der Waals surface area (Å²) < 4.78 is 1.04. The summed E-state index contributed by atoms with van der Waals surface area (Å²) in [6, 6.07) is 9.56. The van der Waals surface area contributed by atoms with Gasteiger partial charge in [0.2, 0.25) is 11.8 Å². The highest BCUT2D eigenvalue weighted by molar-refractivity contribution is 9.10. The molecule has 5 nitrogen and oxygen atoms in total. The van der Waals surface area contributed by atoms with E-state index in [1.54, 1.807) is 22.7 Å². The molecule has 0 fully saturated rings. The van der Waals surface area contributed by atoms with Gasteiger partial charge < -0.3 is 10.6 Å². The van der Waals surface area contributed by atoms with Crippen LogP contribution in [0, 0.1) is 5.92 Å². The molecule has 1 aromatic carbocycles. The summed E-state index contributed by atoms with van der Waals surface area (Å²) >= 11 is 6.61. The van der Waals surface area contributed by atoms with Gasteiger partial charge in [0.05, 0.1) is 17.0 Å². The average Bonchev–Trinajstić information content (AvgIpc) is 3.28. The first-order valence-corrected chi connectivity index (χ1v) is 11.8. The van der Waals surface area contributed by atoms with Gasteiger partial charge in [0.1, 0.15) is 5.01 Å². The number of benzene rings is 1. The van der Waals surface area contributed by atoms with Gasteiger partial charge in [-0.25, -0.2) is 4.98 Å². The molecule has 0 radical (unpaired) electrons. The lowest BCUT2D eigenvalue weighted by Crippen LogP contribution is -2.24. The van der Waals surface area contributed by atoms with Gasteiger partial charge in [-0.2, -0.15) is 0 Å². The third-order valence-electron chi connectivity index (χ3n) is 3.97. The van der Waals surface area contributed by atoms with E-state index in [0.717, 1.165) is 31.3 Å². The third kappa shape index (κ3) is 6.76. The number of amides is 2. The van der Waals surface area contributed by atoms with Crippen LogP contribution in [0.3, 0.4) is 0 Å². The first-order valence-electron chi connectivity index (χ1n) is 9.23. The van der Waals surface area contributed by atoms with Gasteiger partial charge in [-0.15, -0.1) is 22.7 Å². The maximum atomic E-state index is 12.3. The standard InChI is InChI=1S/C21H22BrN3O2S2/c1-13(2)6-20(27)24-16-5-3-4-14(7-16)10-23-19(26)9-17-12-29-21(25-17)18-8-15(22)11-28-18/h3-5,7-8,11-13H,6,9-10H2,1-2H3,(H,23,26)(H,24,27). The zero-order valence-corrected chi connectivity index (χ0v) is 19.4. The van der Waals surface area contributed by atoms with E-state index in [0.29, 0.717) is 18.9 Å². The summed E-state index contributed by atoms with van der Waals surface area (Å²) in [5.41, 5.74) is 2.44. The maximum absolute atomic E-state index is 12.3. The predicted molar refractivity (Wildman–Crippen MR) is 123 cm³/mol. The quantitative estimate of drug-likeness (QED) is 0.438. The molecule has 2 N–H and O–H groups in total. The summed E-state index contributed by atoms with van der Waals surface area (Å²) in [6.07, 6.45) is 0.729. The van der Waals surface area contributed by atoms with Crippen LogP contribution in [0.1, 0.15) is 31.5 Å². The number of anilines is 1. The molecule has 8 heteroatoms. The summed E-state index contributed by atoms with van der Waals surface area (Å²) in [7, 11) is 0. The van der Waals surface area contributed by atoms with Crippen LogP contribution in [0.4, 0.5) is 5.69 Å². The highest BCUT2D eigenvalue weighted by atomic mass is 79.9. The maximum Gasteiger partial charge on any atom is 0.226 e. The van der Waals surface area contributed by atoms with Crippen molar-refractivity contribution in [3.63, 3.8) is 0 Å². The molecule has 29 heavy (non-hydrogen) atoms. The van der Waals surface area contributed by atoms with Crippen LogP contribution in [0.25, 0.3) is 9.88 Å². The number of nitrogens with one attached hydrogen (secondary N) is 2. The highest BCUT2D eigenvalue weighted by Crippen LogP contribution is 2.32. The van der Waals surface area contributed by atoms with E-state index in [-0.39, 0.29) is 18.2 Å². The molecule has 3 rings (SSSR count). The molecular weight excluding hydrogens is 470 g/mol. The summed E-state index contributed by atoms with van der Waals surface area (Å²) in [6.45, 7) is 4.42. The van der Waals surface area contributed by atoms with Crippen molar-refractivity contribution in [1.29, 1.82) is 0 Å². The Bertz CT molecular complexity index is 997. The Kier molecular flexibility index (Phi) is 7.57. The Morgan fingerprint density at radius 2 is 1.97 bits per heavy atom. The van der Waals surface area contributed by atoms with E-state index in [2.05, 4.69) is 31.5 Å². The zero-order chi connectivity index (χ0) is 20.8. The topological polar surface area (TPSA) is 71.1 Å². The van der Waals surface area contributed by atoms with Crippen molar-refractivity contribution in [2.24, 2.45) is 5.92 Å². The average molecular weight is 492 g/mol. The molecule has 0 saturated heterocycles. The van der Waals surface area contributed by atoms with Crippen LogP contribution in [-0.4, -0.2) is 16.8 Å². The molecule has 0 aliphatic carbocycles. The lowest BCUT2D eigenvalue weighted by molar-refractivity contribution is -0.120. The number of nitrogens with zero attached hydrogens (tertiary/aromatic N) is 1. The number of rotatable bonds is 8. The first-order chi connectivity index (χ1) is 13.9. The fourth-order valence-corrected chi connectivity index (χ4v) is 5.02. The number of carbonyl (C=O) groups excluding carboxylic acids is 2. The summed E-state index contributed by atoms with van der Waals surface area (Å²) in [5, 5.41) is 10.7. The van der Waals surface area contributed by atoms with E-state index in [4.69, 9.17) is 0 Å². The van der Waals surface area contributed by atoms with E-state index in [1.807, 2.05) is 54.9 Å². The van der Waals surface area contributed by atoms with Crippen LogP contribution in [0.15, 0.2) is 45.6 Å². The van der Waals surface area contributed by atoms with Crippen molar-refractivity contribution < 1.29 is 9.59 Å². The number of thiophene rings is 1. The third-order valence-corrected chi connectivity index (χ3v) is 6.72. The van der Waals surface area contributed by atoms with Crippen LogP contribution in [-0.2, 0) is 22.6 Å². The predicted octanol–water partition coefficient (Wildman–Crippen LogP) is 5.48. The van der Waals surface area contributed by atoms with E-state index < -0.39 is 0 Å². The molecule has 0 aliphatic heterocycles. The van der Waals surface area contributed by atoms with E-state index in [1.165, 1.54) is 0 Å². The normalized spacial score (nSPS) is 10.9. The fraction of sp³-hybridized carbons (Fsp3) is 0.286. The number of hydrogen-bond acceptors (Lipinski definition) is 5. The molecule has 2 heterocycles. The Morgan fingerprint density at radius 1 is 1.14 bits per heavy atom. The Balaban J connectivity index is 1.51. The number of hydrogen-bond donors (Lipinski definition) is 2. The summed E-state index contributed by atoms with van der Waals surface area (Å²) in [4.78, 5) is 29.9. The van der Waals surface area contributed by atoms with Gasteiger partial charge in [0, 0.05) is 33.9 Å². The van der Waals surface area contributed by atoms with Crippen molar-refractivity contribution >= 4 is 56.1 Å². The molecule has 0 aliphatic rings.